The van der Waals surface area contributed by atoms with Gasteiger partial charge < -0.3 is 57.4 Å². The maximum atomic E-state index is 14.8. The summed E-state index contributed by atoms with van der Waals surface area (Å²) in [7, 11) is 5.46. The molecule has 4 fully saturated rings. The zero-order valence-corrected chi connectivity index (χ0v) is 43.6. The zero-order chi connectivity index (χ0) is 50.7. The predicted octanol–water partition coefficient (Wildman–Crippen LogP) is 7.99. The van der Waals surface area contributed by atoms with E-state index in [1.54, 1.807) is 76.4 Å². The molecule has 4 aliphatic heterocycles. The molecule has 15 nitrogen and oxygen atoms in total. The van der Waals surface area contributed by atoms with Crippen LogP contribution in [0.3, 0.4) is 0 Å². The number of cyclic esters (lactones) is 1. The SMILES string of the molecule is CCC1OC(=O)C(C)C(O[C@H]2C[C@@](C)(OC)[C@@H](OC(=O)c3ccccc3)C(C)O2)C(C)[C@@H](OC2OC(C)CC(N(C)C)[C@H]2OC(=O)c2ccccc2)C(C)C[C@@H](C)[C@@H]2OC(C)(C)O[C@H]([C@H]2C)[C@]1(C)O. The number of carbonyl (C=O) groups excluding carboxylic acids is 3. The number of rotatable bonds is 11. The Bertz CT molecular complexity index is 2000. The van der Waals surface area contributed by atoms with Crippen LogP contribution in [0.4, 0.5) is 0 Å². The summed E-state index contributed by atoms with van der Waals surface area (Å²) >= 11 is 0. The van der Waals surface area contributed by atoms with Crippen LogP contribution in [-0.4, -0.2) is 140 Å². The Hall–Kier alpha value is -3.51. The van der Waals surface area contributed by atoms with Crippen LogP contribution in [0.15, 0.2) is 60.7 Å². The van der Waals surface area contributed by atoms with Crippen molar-refractivity contribution in [1.82, 2.24) is 4.90 Å². The van der Waals surface area contributed by atoms with Gasteiger partial charge in [0.15, 0.2) is 30.6 Å². The molecule has 15 heteroatoms. The van der Waals surface area contributed by atoms with E-state index in [-0.39, 0.29) is 42.4 Å². The molecule has 0 saturated carbocycles. The number of ether oxygens (including phenoxy) is 10. The number of esters is 3. The van der Waals surface area contributed by atoms with Crippen molar-refractivity contribution in [2.75, 3.05) is 21.2 Å². The monoisotopic (exact) mass is 968 g/mol. The molecule has 2 aromatic rings. The van der Waals surface area contributed by atoms with Gasteiger partial charge in [-0.25, -0.2) is 9.59 Å². The number of benzene rings is 2. The smallest absolute Gasteiger partial charge is 0.338 e. The first-order valence-corrected chi connectivity index (χ1v) is 25.0. The maximum absolute atomic E-state index is 14.8. The summed E-state index contributed by atoms with van der Waals surface area (Å²) in [5.74, 6) is -4.85. The lowest BCUT2D eigenvalue weighted by Crippen LogP contribution is -2.64. The molecule has 2 aromatic carbocycles. The third-order valence-electron chi connectivity index (χ3n) is 15.2. The quantitative estimate of drug-likeness (QED) is 0.170. The minimum atomic E-state index is -1.61. The molecule has 6 rings (SSSR count). The second-order valence-corrected chi connectivity index (χ2v) is 21.5. The summed E-state index contributed by atoms with van der Waals surface area (Å²) in [6.07, 6.45) is -6.72. The number of hydrogen-bond acceptors (Lipinski definition) is 15. The lowest BCUT2D eigenvalue weighted by molar-refractivity contribution is -0.359. The topological polar surface area (TPSA) is 167 Å². The van der Waals surface area contributed by atoms with E-state index in [2.05, 4.69) is 13.8 Å². The molecule has 4 saturated heterocycles. The van der Waals surface area contributed by atoms with Gasteiger partial charge in [0.1, 0.15) is 17.3 Å². The Morgan fingerprint density at radius 3 is 1.91 bits per heavy atom. The Balaban J connectivity index is 1.41. The number of likely N-dealkylation sites (N-methyl/N-ethyl adjacent to an activating group) is 1. The van der Waals surface area contributed by atoms with E-state index in [0.29, 0.717) is 30.4 Å². The number of fused-ring (bicyclic) bond motifs is 2. The van der Waals surface area contributed by atoms with Crippen molar-refractivity contribution in [3.63, 3.8) is 0 Å². The molecule has 69 heavy (non-hydrogen) atoms. The van der Waals surface area contributed by atoms with Gasteiger partial charge in [-0.3, -0.25) is 4.79 Å². The minimum Gasteiger partial charge on any atom is -0.459 e. The van der Waals surface area contributed by atoms with Crippen molar-refractivity contribution in [1.29, 1.82) is 0 Å². The third kappa shape index (κ3) is 12.4. The van der Waals surface area contributed by atoms with Crippen LogP contribution in [-0.2, 0) is 52.2 Å². The van der Waals surface area contributed by atoms with Crippen molar-refractivity contribution in [3.05, 3.63) is 71.8 Å². The average Bonchev–Trinajstić information content (AvgIpc) is 3.30. The van der Waals surface area contributed by atoms with E-state index in [9.17, 15) is 19.5 Å². The lowest BCUT2D eigenvalue weighted by Gasteiger charge is -2.53. The molecule has 4 heterocycles. The average molecular weight is 968 g/mol. The highest BCUT2D eigenvalue weighted by Gasteiger charge is 2.56. The largest absolute Gasteiger partial charge is 0.459 e. The van der Waals surface area contributed by atoms with E-state index in [1.807, 2.05) is 79.6 Å². The van der Waals surface area contributed by atoms with Crippen molar-refractivity contribution in [2.24, 2.45) is 29.6 Å². The third-order valence-corrected chi connectivity index (χ3v) is 15.2. The summed E-state index contributed by atoms with van der Waals surface area (Å²) in [6, 6.07) is 17.3. The molecule has 0 aromatic heterocycles. The molecular formula is C54H81NO14. The number of hydrogen-bond donors (Lipinski definition) is 1. The molecule has 19 atom stereocenters. The first-order valence-electron chi connectivity index (χ1n) is 25.0. The van der Waals surface area contributed by atoms with Crippen molar-refractivity contribution >= 4 is 17.9 Å². The predicted molar refractivity (Wildman–Crippen MR) is 257 cm³/mol. The van der Waals surface area contributed by atoms with E-state index in [4.69, 9.17) is 47.4 Å². The number of methoxy groups -OCH3 is 1. The molecule has 2 bridgehead atoms. The molecule has 0 aliphatic carbocycles. The first-order chi connectivity index (χ1) is 32.4. The standard InChI is InChI=1S/C54H81NO14/c1-16-40-54(12,59)46-34(6)43(68-52(9,10)69-46)31(3)27-30(2)42(66-51-45(39(55(13)14)28-32(4)61-51)65-49(57)37-23-19-17-20-24-37)33(5)44(35(7)48(56)63-40)64-41-29-53(11,60-15)47(36(8)62-41)67-50(58)38-25-21-18-22-26-38/h17-26,30-36,39-47,51,59H,16,27-29H2,1-15H3/t30?,31-,32?,33?,34+,35?,36?,39?,40?,41+,42+,43+,44?,45-,46-,47+,51?,53-,54-/m1/s1. The molecule has 0 radical (unpaired) electrons. The maximum Gasteiger partial charge on any atom is 0.338 e. The highest BCUT2D eigenvalue weighted by atomic mass is 16.7. The van der Waals surface area contributed by atoms with Gasteiger partial charge in [-0.15, -0.1) is 0 Å². The Morgan fingerprint density at radius 2 is 1.35 bits per heavy atom. The van der Waals surface area contributed by atoms with Crippen LogP contribution in [0.2, 0.25) is 0 Å². The van der Waals surface area contributed by atoms with Gasteiger partial charge in [-0.2, -0.15) is 0 Å². The summed E-state index contributed by atoms with van der Waals surface area (Å²) in [5, 5.41) is 12.5. The lowest BCUT2D eigenvalue weighted by atomic mass is 9.74. The molecule has 9 unspecified atom stereocenters. The Labute approximate surface area is 410 Å². The molecule has 4 aliphatic rings. The molecule has 1 N–H and O–H groups in total. The van der Waals surface area contributed by atoms with Gasteiger partial charge in [0.05, 0.1) is 59.7 Å². The van der Waals surface area contributed by atoms with Crippen LogP contribution in [0.25, 0.3) is 0 Å². The zero-order valence-electron chi connectivity index (χ0n) is 43.6. The van der Waals surface area contributed by atoms with Gasteiger partial charge >= 0.3 is 17.9 Å². The Kier molecular flexibility index (Phi) is 17.9. The molecule has 0 spiro atoms. The number of nitrogens with zero attached hydrogens (tertiary/aromatic N) is 1. The van der Waals surface area contributed by atoms with Crippen LogP contribution in [0.1, 0.15) is 129 Å². The molecule has 0 amide bonds. The second kappa shape index (κ2) is 22.5. The summed E-state index contributed by atoms with van der Waals surface area (Å²) in [5.41, 5.74) is -1.88. The van der Waals surface area contributed by atoms with Crippen LogP contribution < -0.4 is 0 Å². The number of carbonyl (C=O) groups is 3. The van der Waals surface area contributed by atoms with Gasteiger partial charge in [-0.05, 0) is 118 Å². The van der Waals surface area contributed by atoms with Crippen molar-refractivity contribution in [3.8, 4) is 0 Å². The Morgan fingerprint density at radius 1 is 0.754 bits per heavy atom. The normalized spacial score (nSPS) is 41.1. The van der Waals surface area contributed by atoms with Gasteiger partial charge in [0.2, 0.25) is 0 Å². The van der Waals surface area contributed by atoms with Gasteiger partial charge in [0, 0.05) is 25.4 Å². The molecular weight excluding hydrogens is 887 g/mol. The fourth-order valence-corrected chi connectivity index (χ4v) is 11.5. The minimum absolute atomic E-state index is 0.0926. The highest BCUT2D eigenvalue weighted by Crippen LogP contribution is 2.45. The van der Waals surface area contributed by atoms with Crippen LogP contribution in [0, 0.1) is 29.6 Å². The van der Waals surface area contributed by atoms with E-state index >= 15 is 0 Å². The first kappa shape index (κ1) is 54.8. The fourth-order valence-electron chi connectivity index (χ4n) is 11.5. The van der Waals surface area contributed by atoms with Crippen molar-refractivity contribution in [2.45, 2.75) is 199 Å². The fraction of sp³-hybridized carbons (Fsp3) is 0.722. The summed E-state index contributed by atoms with van der Waals surface area (Å²) in [6.45, 7) is 22.9. The van der Waals surface area contributed by atoms with E-state index in [1.165, 1.54) is 0 Å². The van der Waals surface area contributed by atoms with E-state index in [0.717, 1.165) is 0 Å². The van der Waals surface area contributed by atoms with Gasteiger partial charge in [0.25, 0.3) is 0 Å². The van der Waals surface area contributed by atoms with Crippen molar-refractivity contribution < 1.29 is 66.9 Å². The van der Waals surface area contributed by atoms with E-state index < -0.39 is 102 Å². The second-order valence-electron chi connectivity index (χ2n) is 21.5. The molecule has 386 valence electrons. The number of aliphatic hydroxyl groups is 1. The summed E-state index contributed by atoms with van der Waals surface area (Å²) in [4.78, 5) is 44.1. The van der Waals surface area contributed by atoms with Gasteiger partial charge in [-0.1, -0.05) is 71.0 Å². The van der Waals surface area contributed by atoms with Crippen LogP contribution in [0.5, 0.6) is 0 Å². The summed E-state index contributed by atoms with van der Waals surface area (Å²) < 4.78 is 65.9. The van der Waals surface area contributed by atoms with Crippen LogP contribution >= 0.6 is 0 Å². The highest BCUT2D eigenvalue weighted by molar-refractivity contribution is 5.90.